The number of carbonyl (C=O) groups is 2. The Morgan fingerprint density at radius 3 is 2.22 bits per heavy atom. The minimum absolute atomic E-state index is 0.00354. The van der Waals surface area contributed by atoms with Gasteiger partial charge in [0.05, 0.1) is 5.75 Å². The number of rotatable bonds is 3. The molecular weight excluding hydrogens is 316 g/mol. The predicted octanol–water partition coefficient (Wildman–Crippen LogP) is 0.796. The summed E-state index contributed by atoms with van der Waals surface area (Å²) in [4.78, 5) is 28.4. The van der Waals surface area contributed by atoms with Crippen LogP contribution < -0.4 is 0 Å². The zero-order chi connectivity index (χ0) is 16.4. The van der Waals surface area contributed by atoms with E-state index in [2.05, 4.69) is 0 Å². The Balaban J connectivity index is 1.46. The molecule has 7 heteroatoms. The fraction of sp³-hybridized carbons (Fsp3) is 0.750. The summed E-state index contributed by atoms with van der Waals surface area (Å²) in [6.07, 6.45) is 5.51. The number of hydrogen-bond acceptors (Lipinski definition) is 4. The van der Waals surface area contributed by atoms with E-state index in [1.165, 1.54) is 5.41 Å². The van der Waals surface area contributed by atoms with Crippen molar-refractivity contribution in [2.24, 2.45) is 11.8 Å². The maximum atomic E-state index is 12.4. The lowest BCUT2D eigenvalue weighted by Gasteiger charge is -2.33. The molecule has 0 aromatic carbocycles. The molecule has 0 radical (unpaired) electrons. The van der Waals surface area contributed by atoms with Crippen molar-refractivity contribution in [3.63, 3.8) is 0 Å². The minimum Gasteiger partial charge on any atom is -0.343 e. The number of amides is 2. The first-order valence-corrected chi connectivity index (χ1v) is 10.1. The largest absolute Gasteiger partial charge is 0.343 e. The highest BCUT2D eigenvalue weighted by molar-refractivity contribution is 7.94. The standard InChI is InChI=1S/C16H24N2O4S/c19-15(11-13-5-10-23(21,22)12-13)17-8-3-14(4-9-17)16(20)18-6-1-2-7-18/h5,10,13-14H,1-4,6-9,11-12H2. The van der Waals surface area contributed by atoms with E-state index in [9.17, 15) is 18.0 Å². The number of piperidine rings is 1. The van der Waals surface area contributed by atoms with E-state index in [-0.39, 0.29) is 35.8 Å². The zero-order valence-corrected chi connectivity index (χ0v) is 14.1. The molecule has 1 unspecified atom stereocenters. The summed E-state index contributed by atoms with van der Waals surface area (Å²) in [5.74, 6) is 0.145. The third-order valence-corrected chi connectivity index (χ3v) is 6.52. The molecular formula is C16H24N2O4S. The van der Waals surface area contributed by atoms with Crippen molar-refractivity contribution in [2.75, 3.05) is 31.9 Å². The van der Waals surface area contributed by atoms with Crippen molar-refractivity contribution in [1.29, 1.82) is 0 Å². The smallest absolute Gasteiger partial charge is 0.225 e. The van der Waals surface area contributed by atoms with Crippen molar-refractivity contribution >= 4 is 21.7 Å². The number of sulfone groups is 1. The fourth-order valence-electron chi connectivity index (χ4n) is 3.69. The van der Waals surface area contributed by atoms with Gasteiger partial charge in [0.25, 0.3) is 0 Å². The van der Waals surface area contributed by atoms with E-state index in [0.29, 0.717) is 13.1 Å². The van der Waals surface area contributed by atoms with Gasteiger partial charge in [-0.05, 0) is 25.7 Å². The molecule has 128 valence electrons. The monoisotopic (exact) mass is 340 g/mol. The summed E-state index contributed by atoms with van der Waals surface area (Å²) in [6.45, 7) is 2.96. The third kappa shape index (κ3) is 3.94. The van der Waals surface area contributed by atoms with Crippen LogP contribution in [0.3, 0.4) is 0 Å². The third-order valence-electron chi connectivity index (χ3n) is 5.06. The summed E-state index contributed by atoms with van der Waals surface area (Å²) in [5.41, 5.74) is 0. The Bertz CT molecular complexity index is 600. The molecule has 0 aromatic rings. The molecule has 3 aliphatic rings. The van der Waals surface area contributed by atoms with Crippen LogP contribution in [0.15, 0.2) is 11.5 Å². The Labute approximate surface area is 137 Å². The summed E-state index contributed by atoms with van der Waals surface area (Å²) in [6, 6.07) is 0. The molecule has 0 bridgehead atoms. The molecule has 6 nitrogen and oxygen atoms in total. The minimum atomic E-state index is -3.10. The van der Waals surface area contributed by atoms with Crippen LogP contribution in [0.4, 0.5) is 0 Å². The van der Waals surface area contributed by atoms with Crippen molar-refractivity contribution in [3.8, 4) is 0 Å². The number of likely N-dealkylation sites (tertiary alicyclic amines) is 2. The molecule has 2 amide bonds. The fourth-order valence-corrected chi connectivity index (χ4v) is 5.09. The first-order valence-electron chi connectivity index (χ1n) is 8.42. The molecule has 0 aliphatic carbocycles. The highest BCUT2D eigenvalue weighted by Crippen LogP contribution is 2.24. The van der Waals surface area contributed by atoms with Gasteiger partial charge in [0.15, 0.2) is 9.84 Å². The number of allylic oxidation sites excluding steroid dienone is 1. The van der Waals surface area contributed by atoms with Crippen molar-refractivity contribution < 1.29 is 18.0 Å². The van der Waals surface area contributed by atoms with Gasteiger partial charge in [0, 0.05) is 49.8 Å². The number of carbonyl (C=O) groups excluding carboxylic acids is 2. The Kier molecular flexibility index (Phi) is 4.75. The number of hydrogen-bond donors (Lipinski definition) is 0. The van der Waals surface area contributed by atoms with Gasteiger partial charge in [-0.3, -0.25) is 9.59 Å². The van der Waals surface area contributed by atoms with E-state index in [1.807, 2.05) is 4.90 Å². The maximum Gasteiger partial charge on any atom is 0.225 e. The van der Waals surface area contributed by atoms with Gasteiger partial charge < -0.3 is 9.80 Å². The second-order valence-corrected chi connectivity index (χ2v) is 8.74. The van der Waals surface area contributed by atoms with Gasteiger partial charge in [-0.15, -0.1) is 0 Å². The van der Waals surface area contributed by atoms with Gasteiger partial charge in [0.1, 0.15) is 0 Å². The molecule has 0 N–H and O–H groups in total. The van der Waals surface area contributed by atoms with E-state index < -0.39 is 9.84 Å². The molecule has 3 heterocycles. The number of nitrogens with zero attached hydrogens (tertiary/aromatic N) is 2. The second kappa shape index (κ2) is 6.63. The zero-order valence-electron chi connectivity index (χ0n) is 13.3. The Morgan fingerprint density at radius 2 is 1.65 bits per heavy atom. The average Bonchev–Trinajstić information content (AvgIpc) is 3.16. The molecule has 3 rings (SSSR count). The van der Waals surface area contributed by atoms with Gasteiger partial charge in [-0.2, -0.15) is 0 Å². The molecule has 0 spiro atoms. The lowest BCUT2D eigenvalue weighted by atomic mass is 9.94. The maximum absolute atomic E-state index is 12.4. The van der Waals surface area contributed by atoms with Gasteiger partial charge in [0.2, 0.25) is 11.8 Å². The van der Waals surface area contributed by atoms with Crippen molar-refractivity contribution in [1.82, 2.24) is 9.80 Å². The van der Waals surface area contributed by atoms with E-state index >= 15 is 0 Å². The summed E-state index contributed by atoms with van der Waals surface area (Å²) < 4.78 is 22.8. The van der Waals surface area contributed by atoms with Crippen LogP contribution in [0.1, 0.15) is 32.1 Å². The molecule has 2 fully saturated rings. The highest BCUT2D eigenvalue weighted by atomic mass is 32.2. The van der Waals surface area contributed by atoms with Crippen molar-refractivity contribution in [3.05, 3.63) is 11.5 Å². The van der Waals surface area contributed by atoms with Crippen LogP contribution in [0.25, 0.3) is 0 Å². The van der Waals surface area contributed by atoms with Crippen LogP contribution in [0.5, 0.6) is 0 Å². The summed E-state index contributed by atoms with van der Waals surface area (Å²) >= 11 is 0. The van der Waals surface area contributed by atoms with Crippen LogP contribution >= 0.6 is 0 Å². The second-order valence-electron chi connectivity index (χ2n) is 6.81. The van der Waals surface area contributed by atoms with Gasteiger partial charge >= 0.3 is 0 Å². The SMILES string of the molecule is O=C(CC1C=CS(=O)(=O)C1)N1CCC(C(=O)N2CCCC2)CC1. The first-order chi connectivity index (χ1) is 10.9. The topological polar surface area (TPSA) is 74.8 Å². The lowest BCUT2D eigenvalue weighted by molar-refractivity contribution is -0.140. The molecule has 2 saturated heterocycles. The van der Waals surface area contributed by atoms with Crippen molar-refractivity contribution in [2.45, 2.75) is 32.1 Å². The summed E-state index contributed by atoms with van der Waals surface area (Å²) in [5, 5.41) is 1.21. The van der Waals surface area contributed by atoms with Crippen LogP contribution in [-0.4, -0.2) is 62.0 Å². The predicted molar refractivity (Wildman–Crippen MR) is 86.2 cm³/mol. The van der Waals surface area contributed by atoms with Crippen LogP contribution in [-0.2, 0) is 19.4 Å². The Morgan fingerprint density at radius 1 is 1.00 bits per heavy atom. The van der Waals surface area contributed by atoms with Crippen LogP contribution in [0.2, 0.25) is 0 Å². The van der Waals surface area contributed by atoms with Crippen LogP contribution in [0, 0.1) is 11.8 Å². The molecule has 0 aromatic heterocycles. The molecule has 3 aliphatic heterocycles. The normalized spacial score (nSPS) is 27.6. The van der Waals surface area contributed by atoms with E-state index in [1.54, 1.807) is 11.0 Å². The van der Waals surface area contributed by atoms with Gasteiger partial charge in [-0.1, -0.05) is 6.08 Å². The molecule has 23 heavy (non-hydrogen) atoms. The van der Waals surface area contributed by atoms with Gasteiger partial charge in [-0.25, -0.2) is 8.42 Å². The molecule has 0 saturated carbocycles. The van der Waals surface area contributed by atoms with E-state index in [0.717, 1.165) is 38.8 Å². The molecule has 1 atom stereocenters. The summed E-state index contributed by atoms with van der Waals surface area (Å²) in [7, 11) is -3.10. The lowest BCUT2D eigenvalue weighted by Crippen LogP contribution is -2.44. The van der Waals surface area contributed by atoms with E-state index in [4.69, 9.17) is 0 Å². The first kappa shape index (κ1) is 16.5. The quantitative estimate of drug-likeness (QED) is 0.761. The Hall–Kier alpha value is -1.37. The average molecular weight is 340 g/mol. The highest BCUT2D eigenvalue weighted by Gasteiger charge is 2.32.